The Hall–Kier alpha value is -1.88. The molecule has 0 aliphatic rings. The van der Waals surface area contributed by atoms with E-state index in [-0.39, 0.29) is 18.4 Å². The Morgan fingerprint density at radius 3 is 2.28 bits per heavy atom. The molecule has 0 saturated heterocycles. The smallest absolute Gasteiger partial charge is 0.251 e. The van der Waals surface area contributed by atoms with Crippen molar-refractivity contribution in [2.24, 2.45) is 0 Å². The van der Waals surface area contributed by atoms with Gasteiger partial charge in [-0.2, -0.15) is 0 Å². The lowest BCUT2D eigenvalue weighted by Crippen LogP contribution is -2.38. The van der Waals surface area contributed by atoms with Crippen LogP contribution in [0.5, 0.6) is 0 Å². The number of nitrogens with one attached hydrogen (secondary N) is 3. The van der Waals surface area contributed by atoms with Crippen LogP contribution in [0.1, 0.15) is 15.9 Å². The average molecular weight is 249 g/mol. The Morgan fingerprint density at radius 1 is 1.06 bits per heavy atom. The number of amides is 2. The van der Waals surface area contributed by atoms with Crippen LogP contribution in [0.25, 0.3) is 0 Å². The number of likely N-dealkylation sites (N-methyl/N-ethyl adjacent to an activating group) is 1. The molecule has 0 heterocycles. The SMILES string of the molecule is CNCC(=O)NCCNC(=O)c1ccc(C)cc1. The number of carbonyl (C=O) groups is 2. The van der Waals surface area contributed by atoms with Crippen molar-refractivity contribution in [1.82, 2.24) is 16.0 Å². The number of hydrogen-bond acceptors (Lipinski definition) is 3. The molecule has 98 valence electrons. The van der Waals surface area contributed by atoms with Crippen LogP contribution < -0.4 is 16.0 Å². The minimum Gasteiger partial charge on any atom is -0.353 e. The van der Waals surface area contributed by atoms with Crippen LogP contribution in [-0.2, 0) is 4.79 Å². The van der Waals surface area contributed by atoms with Crippen LogP contribution in [-0.4, -0.2) is 38.5 Å². The zero-order chi connectivity index (χ0) is 13.4. The van der Waals surface area contributed by atoms with Crippen LogP contribution in [0.15, 0.2) is 24.3 Å². The summed E-state index contributed by atoms with van der Waals surface area (Å²) in [6, 6.07) is 7.35. The fourth-order valence-electron chi connectivity index (χ4n) is 1.41. The third-order valence-electron chi connectivity index (χ3n) is 2.38. The van der Waals surface area contributed by atoms with E-state index in [1.54, 1.807) is 19.2 Å². The van der Waals surface area contributed by atoms with Gasteiger partial charge in [0.15, 0.2) is 0 Å². The molecule has 0 saturated carbocycles. The molecule has 0 spiro atoms. The molecule has 0 atom stereocenters. The number of carbonyl (C=O) groups excluding carboxylic acids is 2. The van der Waals surface area contributed by atoms with Gasteiger partial charge in [0.25, 0.3) is 5.91 Å². The molecule has 5 nitrogen and oxygen atoms in total. The molecule has 0 aromatic heterocycles. The first-order chi connectivity index (χ1) is 8.63. The molecule has 0 bridgehead atoms. The van der Waals surface area contributed by atoms with Gasteiger partial charge < -0.3 is 16.0 Å². The predicted molar refractivity (Wildman–Crippen MR) is 70.4 cm³/mol. The first-order valence-electron chi connectivity index (χ1n) is 5.89. The number of aryl methyl sites for hydroxylation is 1. The van der Waals surface area contributed by atoms with Gasteiger partial charge >= 0.3 is 0 Å². The summed E-state index contributed by atoms with van der Waals surface area (Å²) < 4.78 is 0. The van der Waals surface area contributed by atoms with E-state index in [9.17, 15) is 9.59 Å². The highest BCUT2D eigenvalue weighted by molar-refractivity contribution is 5.94. The predicted octanol–water partition coefficient (Wildman–Crippen LogP) is 0.0604. The Kier molecular flexibility index (Phi) is 5.87. The molecule has 3 N–H and O–H groups in total. The minimum absolute atomic E-state index is 0.0814. The van der Waals surface area contributed by atoms with E-state index in [1.807, 2.05) is 19.1 Å². The molecule has 5 heteroatoms. The van der Waals surface area contributed by atoms with E-state index in [0.29, 0.717) is 18.7 Å². The van der Waals surface area contributed by atoms with E-state index in [0.717, 1.165) is 5.56 Å². The quantitative estimate of drug-likeness (QED) is 0.624. The second-order valence-corrected chi connectivity index (χ2v) is 4.00. The molecule has 1 aromatic carbocycles. The fourth-order valence-corrected chi connectivity index (χ4v) is 1.41. The summed E-state index contributed by atoms with van der Waals surface area (Å²) in [7, 11) is 1.71. The Balaban J connectivity index is 2.25. The summed E-state index contributed by atoms with van der Waals surface area (Å²) >= 11 is 0. The first-order valence-corrected chi connectivity index (χ1v) is 5.89. The first kappa shape index (κ1) is 14.2. The summed E-state index contributed by atoms with van der Waals surface area (Å²) in [6.07, 6.45) is 0. The van der Waals surface area contributed by atoms with E-state index in [1.165, 1.54) is 0 Å². The van der Waals surface area contributed by atoms with E-state index < -0.39 is 0 Å². The van der Waals surface area contributed by atoms with E-state index in [4.69, 9.17) is 0 Å². The molecular formula is C13H19N3O2. The Bertz CT molecular complexity index is 401. The lowest BCUT2D eigenvalue weighted by atomic mass is 10.1. The van der Waals surface area contributed by atoms with Gasteiger partial charge in [-0.3, -0.25) is 9.59 Å². The van der Waals surface area contributed by atoms with Gasteiger partial charge in [0.05, 0.1) is 6.54 Å². The number of benzene rings is 1. The number of hydrogen-bond donors (Lipinski definition) is 3. The van der Waals surface area contributed by atoms with Gasteiger partial charge in [0, 0.05) is 18.7 Å². The van der Waals surface area contributed by atoms with Crippen molar-refractivity contribution in [3.8, 4) is 0 Å². The topological polar surface area (TPSA) is 70.2 Å². The molecule has 2 amide bonds. The monoisotopic (exact) mass is 249 g/mol. The summed E-state index contributed by atoms with van der Waals surface area (Å²) in [4.78, 5) is 22.8. The normalized spacial score (nSPS) is 9.89. The Labute approximate surface area is 107 Å². The maximum atomic E-state index is 11.7. The van der Waals surface area contributed by atoms with Gasteiger partial charge in [0.2, 0.25) is 5.91 Å². The van der Waals surface area contributed by atoms with Crippen molar-refractivity contribution in [3.63, 3.8) is 0 Å². The molecule has 0 fully saturated rings. The van der Waals surface area contributed by atoms with Crippen LogP contribution in [0.4, 0.5) is 0 Å². The minimum atomic E-state index is -0.127. The number of rotatable bonds is 6. The molecular weight excluding hydrogens is 230 g/mol. The second kappa shape index (κ2) is 7.45. The highest BCUT2D eigenvalue weighted by atomic mass is 16.2. The maximum Gasteiger partial charge on any atom is 0.251 e. The molecule has 18 heavy (non-hydrogen) atoms. The second-order valence-electron chi connectivity index (χ2n) is 4.00. The third kappa shape index (κ3) is 4.97. The highest BCUT2D eigenvalue weighted by Gasteiger charge is 2.04. The Morgan fingerprint density at radius 2 is 1.67 bits per heavy atom. The van der Waals surface area contributed by atoms with Crippen LogP contribution in [0.2, 0.25) is 0 Å². The van der Waals surface area contributed by atoms with Crippen LogP contribution >= 0.6 is 0 Å². The van der Waals surface area contributed by atoms with Gasteiger partial charge in [-0.05, 0) is 26.1 Å². The molecule has 0 radical (unpaired) electrons. The van der Waals surface area contributed by atoms with Crippen molar-refractivity contribution < 1.29 is 9.59 Å². The maximum absolute atomic E-state index is 11.7. The lowest BCUT2D eigenvalue weighted by Gasteiger charge is -2.07. The summed E-state index contributed by atoms with van der Waals surface area (Å²) in [5, 5.41) is 8.17. The van der Waals surface area contributed by atoms with Crippen molar-refractivity contribution in [3.05, 3.63) is 35.4 Å². The van der Waals surface area contributed by atoms with Crippen molar-refractivity contribution >= 4 is 11.8 Å². The standard InChI is InChI=1S/C13H19N3O2/c1-10-3-5-11(6-4-10)13(18)16-8-7-15-12(17)9-14-2/h3-6,14H,7-9H2,1-2H3,(H,15,17)(H,16,18). The lowest BCUT2D eigenvalue weighted by molar-refractivity contribution is -0.120. The summed E-state index contributed by atoms with van der Waals surface area (Å²) in [6.45, 7) is 3.10. The molecule has 1 rings (SSSR count). The molecule has 0 aliphatic carbocycles. The van der Waals surface area contributed by atoms with Gasteiger partial charge in [-0.25, -0.2) is 0 Å². The highest BCUT2D eigenvalue weighted by Crippen LogP contribution is 2.02. The summed E-state index contributed by atoms with van der Waals surface area (Å²) in [5.41, 5.74) is 1.74. The van der Waals surface area contributed by atoms with E-state index >= 15 is 0 Å². The van der Waals surface area contributed by atoms with E-state index in [2.05, 4.69) is 16.0 Å². The van der Waals surface area contributed by atoms with Crippen molar-refractivity contribution in [2.45, 2.75) is 6.92 Å². The molecule has 0 aliphatic heterocycles. The summed E-state index contributed by atoms with van der Waals surface area (Å²) in [5.74, 6) is -0.208. The van der Waals surface area contributed by atoms with Crippen molar-refractivity contribution in [1.29, 1.82) is 0 Å². The van der Waals surface area contributed by atoms with Gasteiger partial charge in [-0.15, -0.1) is 0 Å². The zero-order valence-electron chi connectivity index (χ0n) is 10.7. The van der Waals surface area contributed by atoms with Gasteiger partial charge in [0.1, 0.15) is 0 Å². The van der Waals surface area contributed by atoms with Crippen LogP contribution in [0, 0.1) is 6.92 Å². The fraction of sp³-hybridized carbons (Fsp3) is 0.385. The van der Waals surface area contributed by atoms with Crippen molar-refractivity contribution in [2.75, 3.05) is 26.7 Å². The third-order valence-corrected chi connectivity index (χ3v) is 2.38. The largest absolute Gasteiger partial charge is 0.353 e. The average Bonchev–Trinajstić information content (AvgIpc) is 2.35. The zero-order valence-corrected chi connectivity index (χ0v) is 10.7. The molecule has 1 aromatic rings. The molecule has 0 unspecified atom stereocenters. The van der Waals surface area contributed by atoms with Gasteiger partial charge in [-0.1, -0.05) is 17.7 Å². The van der Waals surface area contributed by atoms with Crippen LogP contribution in [0.3, 0.4) is 0 Å².